The zero-order valence-corrected chi connectivity index (χ0v) is 14.0. The first kappa shape index (κ1) is 16.7. The van der Waals surface area contributed by atoms with Crippen LogP contribution in [-0.4, -0.2) is 22.1 Å². The minimum Gasteiger partial charge on any atom is -0.427 e. The van der Waals surface area contributed by atoms with Crippen LogP contribution in [0.3, 0.4) is 0 Å². The Balaban J connectivity index is 2.06. The van der Waals surface area contributed by atoms with Gasteiger partial charge in [0.1, 0.15) is 11.7 Å². The number of aromatic nitrogens is 2. The zero-order chi connectivity index (χ0) is 18.0. The molecule has 2 aromatic rings. The number of fused-ring (bicyclic) bond motifs is 1. The van der Waals surface area contributed by atoms with Crippen molar-refractivity contribution in [3.63, 3.8) is 0 Å². The molecule has 0 amide bonds. The van der Waals surface area contributed by atoms with Crippen molar-refractivity contribution in [1.29, 1.82) is 10.7 Å². The summed E-state index contributed by atoms with van der Waals surface area (Å²) in [5.41, 5.74) is 2.58. The van der Waals surface area contributed by atoms with E-state index in [1.54, 1.807) is 24.3 Å². The van der Waals surface area contributed by atoms with Gasteiger partial charge in [-0.15, -0.1) is 5.10 Å². The maximum Gasteiger partial charge on any atom is 0.308 e. The van der Waals surface area contributed by atoms with Crippen LogP contribution in [0.15, 0.2) is 24.3 Å². The van der Waals surface area contributed by atoms with Crippen LogP contribution >= 0.6 is 0 Å². The Labute approximate surface area is 145 Å². The predicted molar refractivity (Wildman–Crippen MR) is 89.6 cm³/mol. The number of esters is 1. The number of nitrogens with one attached hydrogen (secondary N) is 2. The van der Waals surface area contributed by atoms with E-state index < -0.39 is 11.9 Å². The van der Waals surface area contributed by atoms with E-state index in [2.05, 4.69) is 23.2 Å². The smallest absolute Gasteiger partial charge is 0.308 e. The molecule has 1 aliphatic heterocycles. The maximum absolute atomic E-state index is 11.1. The van der Waals surface area contributed by atoms with Crippen LogP contribution < -0.4 is 9.47 Å². The van der Waals surface area contributed by atoms with Crippen molar-refractivity contribution in [2.24, 2.45) is 5.92 Å². The molecular weight excluding hydrogens is 320 g/mol. The van der Waals surface area contributed by atoms with Gasteiger partial charge in [-0.25, -0.2) is 0 Å². The number of aryl methyl sites for hydroxylation is 1. The van der Waals surface area contributed by atoms with Gasteiger partial charge in [-0.05, 0) is 24.1 Å². The van der Waals surface area contributed by atoms with Gasteiger partial charge in [0, 0.05) is 24.1 Å². The number of hydrogen-bond donors (Lipinski definition) is 2. The summed E-state index contributed by atoms with van der Waals surface area (Å²) in [6.07, 6.45) is 1.70. The van der Waals surface area contributed by atoms with Crippen molar-refractivity contribution in [1.82, 2.24) is 10.2 Å². The Hall–Kier alpha value is -3.14. The highest BCUT2D eigenvalue weighted by Crippen LogP contribution is 2.43. The van der Waals surface area contributed by atoms with Gasteiger partial charge in [-0.3, -0.25) is 15.3 Å². The van der Waals surface area contributed by atoms with Crippen LogP contribution in [0.4, 0.5) is 0 Å². The van der Waals surface area contributed by atoms with Crippen molar-refractivity contribution < 1.29 is 14.3 Å². The van der Waals surface area contributed by atoms with Gasteiger partial charge in [-0.1, -0.05) is 25.5 Å². The molecule has 1 aliphatic rings. The summed E-state index contributed by atoms with van der Waals surface area (Å²) in [4.78, 5) is 11.1. The number of hydrogen-bond acceptors (Lipinski definition) is 6. The van der Waals surface area contributed by atoms with Crippen molar-refractivity contribution in [2.75, 3.05) is 0 Å². The molecule has 0 spiro atoms. The van der Waals surface area contributed by atoms with Gasteiger partial charge in [0.15, 0.2) is 0 Å². The molecule has 128 valence electrons. The lowest BCUT2D eigenvalue weighted by molar-refractivity contribution is -0.131. The summed E-state index contributed by atoms with van der Waals surface area (Å²) in [5.74, 6) is -0.799. The summed E-state index contributed by atoms with van der Waals surface area (Å²) in [5, 5.41) is 24.7. The SMILES string of the molecule is CCCc1[nH]nc2c1C(c1ccc(OC(C)=O)cc1)C(C#N)C(=N)O2. The number of ether oxygens (including phenoxy) is 2. The first-order chi connectivity index (χ1) is 12.0. The number of aromatic amines is 1. The summed E-state index contributed by atoms with van der Waals surface area (Å²) in [6, 6.07) is 9.15. The van der Waals surface area contributed by atoms with Gasteiger partial charge in [0.05, 0.1) is 6.07 Å². The van der Waals surface area contributed by atoms with Gasteiger partial charge < -0.3 is 9.47 Å². The second-order valence-corrected chi connectivity index (χ2v) is 5.88. The normalized spacial score (nSPS) is 18.8. The van der Waals surface area contributed by atoms with E-state index >= 15 is 0 Å². The summed E-state index contributed by atoms with van der Waals surface area (Å²) in [6.45, 7) is 3.40. The van der Waals surface area contributed by atoms with Crippen LogP contribution in [0.5, 0.6) is 11.6 Å². The molecule has 1 aromatic heterocycles. The number of nitrogens with zero attached hydrogens (tertiary/aromatic N) is 2. The van der Waals surface area contributed by atoms with Gasteiger partial charge in [0.2, 0.25) is 11.8 Å². The van der Waals surface area contributed by atoms with E-state index in [9.17, 15) is 10.1 Å². The van der Waals surface area contributed by atoms with Crippen LogP contribution in [-0.2, 0) is 11.2 Å². The van der Waals surface area contributed by atoms with Crippen LogP contribution in [0.2, 0.25) is 0 Å². The van der Waals surface area contributed by atoms with E-state index in [1.165, 1.54) is 6.92 Å². The molecule has 2 atom stereocenters. The number of nitriles is 1. The van der Waals surface area contributed by atoms with Crippen LogP contribution in [0, 0.1) is 22.7 Å². The third-order valence-electron chi connectivity index (χ3n) is 4.12. The average molecular weight is 338 g/mol. The lowest BCUT2D eigenvalue weighted by atomic mass is 9.79. The molecule has 0 saturated heterocycles. The fourth-order valence-corrected chi connectivity index (χ4v) is 3.09. The molecule has 3 rings (SSSR count). The Bertz CT molecular complexity index is 848. The summed E-state index contributed by atoms with van der Waals surface area (Å²) >= 11 is 0. The average Bonchev–Trinajstić information content (AvgIpc) is 2.96. The molecule has 2 heterocycles. The molecular formula is C18H18N4O3. The van der Waals surface area contributed by atoms with Crippen molar-refractivity contribution in [3.8, 4) is 17.7 Å². The van der Waals surface area contributed by atoms with Gasteiger partial charge >= 0.3 is 5.97 Å². The predicted octanol–water partition coefficient (Wildman–Crippen LogP) is 2.93. The van der Waals surface area contributed by atoms with Crippen LogP contribution in [0.25, 0.3) is 0 Å². The Morgan fingerprint density at radius 1 is 1.44 bits per heavy atom. The Morgan fingerprint density at radius 3 is 2.76 bits per heavy atom. The third kappa shape index (κ3) is 3.11. The lowest BCUT2D eigenvalue weighted by Gasteiger charge is -2.28. The number of carbonyl (C=O) groups is 1. The molecule has 0 fully saturated rings. The fraction of sp³-hybridized carbons (Fsp3) is 0.333. The van der Waals surface area contributed by atoms with E-state index in [0.717, 1.165) is 29.7 Å². The summed E-state index contributed by atoms with van der Waals surface area (Å²) in [7, 11) is 0. The van der Waals surface area contributed by atoms with Crippen molar-refractivity contribution in [2.45, 2.75) is 32.6 Å². The molecule has 0 radical (unpaired) electrons. The number of H-pyrrole nitrogens is 1. The minimum atomic E-state index is -0.736. The molecule has 2 N–H and O–H groups in total. The Morgan fingerprint density at radius 2 is 2.16 bits per heavy atom. The third-order valence-corrected chi connectivity index (χ3v) is 4.12. The lowest BCUT2D eigenvalue weighted by Crippen LogP contribution is -2.31. The monoisotopic (exact) mass is 338 g/mol. The van der Waals surface area contributed by atoms with E-state index in [-0.39, 0.29) is 11.8 Å². The number of rotatable bonds is 4. The highest BCUT2D eigenvalue weighted by Gasteiger charge is 2.40. The second-order valence-electron chi connectivity index (χ2n) is 5.88. The first-order valence-electron chi connectivity index (χ1n) is 8.06. The number of benzene rings is 1. The minimum absolute atomic E-state index is 0.112. The fourth-order valence-electron chi connectivity index (χ4n) is 3.09. The molecule has 7 nitrogen and oxygen atoms in total. The summed E-state index contributed by atoms with van der Waals surface area (Å²) < 4.78 is 10.5. The highest BCUT2D eigenvalue weighted by atomic mass is 16.5. The second kappa shape index (κ2) is 6.77. The van der Waals surface area contributed by atoms with Gasteiger partial charge in [-0.2, -0.15) is 5.26 Å². The quantitative estimate of drug-likeness (QED) is 0.657. The largest absolute Gasteiger partial charge is 0.427 e. The molecule has 0 aliphatic carbocycles. The zero-order valence-electron chi connectivity index (χ0n) is 14.0. The molecule has 2 unspecified atom stereocenters. The van der Waals surface area contributed by atoms with Crippen LogP contribution in [0.1, 0.15) is 43.0 Å². The molecule has 0 saturated carbocycles. The first-order valence-corrected chi connectivity index (χ1v) is 8.06. The standard InChI is InChI=1S/C18H18N4O3/c1-3-4-14-16-15(11-5-7-12(8-6-11)24-10(2)23)13(9-19)17(20)25-18(16)22-21-14/h5-8,13,15,20H,3-4H2,1-2H3,(H,21,22). The van der Waals surface area contributed by atoms with E-state index in [4.69, 9.17) is 14.9 Å². The Kier molecular flexibility index (Phi) is 4.52. The van der Waals surface area contributed by atoms with Gasteiger partial charge in [0.25, 0.3) is 0 Å². The molecule has 1 aromatic carbocycles. The number of carbonyl (C=O) groups excluding carboxylic acids is 1. The van der Waals surface area contributed by atoms with E-state index in [1.807, 2.05) is 0 Å². The topological polar surface area (TPSA) is 112 Å². The van der Waals surface area contributed by atoms with Crippen molar-refractivity contribution >= 4 is 11.9 Å². The molecule has 7 heteroatoms. The molecule has 0 bridgehead atoms. The van der Waals surface area contributed by atoms with E-state index in [0.29, 0.717) is 11.6 Å². The van der Waals surface area contributed by atoms with Crippen molar-refractivity contribution in [3.05, 3.63) is 41.1 Å². The highest BCUT2D eigenvalue weighted by molar-refractivity contribution is 5.84. The maximum atomic E-state index is 11.1. The molecule has 25 heavy (non-hydrogen) atoms.